The van der Waals surface area contributed by atoms with Gasteiger partial charge in [-0.3, -0.25) is 4.98 Å². The first-order valence-corrected chi connectivity index (χ1v) is 22.5. The Morgan fingerprint density at radius 3 is 1.84 bits per heavy atom. The van der Waals surface area contributed by atoms with Gasteiger partial charge in [0.2, 0.25) is 0 Å². The molecule has 5 heterocycles. The number of furan rings is 1. The number of nitrogens with zero attached hydrogens (tertiary/aromatic N) is 6. The largest absolute Gasteiger partial charge is 0.454 e. The zero-order chi connectivity index (χ0) is 44.0. The summed E-state index contributed by atoms with van der Waals surface area (Å²) in [5, 5.41) is 8.05. The highest BCUT2D eigenvalue weighted by Gasteiger charge is 2.21. The van der Waals surface area contributed by atoms with Gasteiger partial charge in [0.1, 0.15) is 11.1 Å². The van der Waals surface area contributed by atoms with E-state index in [2.05, 4.69) is 196 Å². The topological polar surface area (TPSA) is 74.6 Å². The lowest BCUT2D eigenvalue weighted by molar-refractivity contribution is 0.668. The molecule has 0 amide bonds. The number of pyridine rings is 1. The highest BCUT2D eigenvalue weighted by atomic mass is 16.3. The lowest BCUT2D eigenvalue weighted by atomic mass is 9.98. The quantitative estimate of drug-likeness (QED) is 0.167. The maximum atomic E-state index is 6.44. The summed E-state index contributed by atoms with van der Waals surface area (Å²) in [5.74, 6) is 1.68. The van der Waals surface area contributed by atoms with Gasteiger partial charge >= 0.3 is 0 Å². The highest BCUT2D eigenvalue weighted by molar-refractivity contribution is 6.17. The fourth-order valence-electron chi connectivity index (χ4n) is 10.2. The van der Waals surface area contributed by atoms with Crippen LogP contribution in [0.4, 0.5) is 0 Å². The Morgan fingerprint density at radius 1 is 0.358 bits per heavy atom. The molecule has 0 unspecified atom stereocenters. The molecule has 312 valence electrons. The first-order valence-electron chi connectivity index (χ1n) is 22.5. The maximum Gasteiger partial charge on any atom is 0.167 e. The molecule has 67 heavy (non-hydrogen) atoms. The molecule has 0 aliphatic carbocycles. The van der Waals surface area contributed by atoms with Crippen molar-refractivity contribution in [2.24, 2.45) is 0 Å². The van der Waals surface area contributed by atoms with E-state index in [0.29, 0.717) is 23.1 Å². The third-order valence-corrected chi connectivity index (χ3v) is 13.2. The van der Waals surface area contributed by atoms with Crippen LogP contribution in [-0.4, -0.2) is 29.1 Å². The van der Waals surface area contributed by atoms with E-state index in [9.17, 15) is 0 Å². The first-order chi connectivity index (χ1) is 33.2. The summed E-state index contributed by atoms with van der Waals surface area (Å²) in [4.78, 5) is 20.1. The number of fused-ring (bicyclic) bond motifs is 10. The minimum absolute atomic E-state index is 0.527. The van der Waals surface area contributed by atoms with Crippen LogP contribution >= 0.6 is 0 Å². The van der Waals surface area contributed by atoms with Crippen LogP contribution in [0.5, 0.6) is 0 Å². The van der Waals surface area contributed by atoms with Gasteiger partial charge < -0.3 is 13.6 Å². The molecule has 0 spiro atoms. The molecular weight excluding hydrogens is 821 g/mol. The van der Waals surface area contributed by atoms with Crippen molar-refractivity contribution >= 4 is 76.5 Å². The van der Waals surface area contributed by atoms with Crippen LogP contribution in [0.3, 0.4) is 0 Å². The highest BCUT2D eigenvalue weighted by Crippen LogP contribution is 2.42. The second-order valence-electron chi connectivity index (χ2n) is 17.0. The Kier molecular flexibility index (Phi) is 8.15. The molecule has 0 saturated heterocycles. The Bertz CT molecular complexity index is 4280. The fraction of sp³-hybridized carbons (Fsp3) is 0. The van der Waals surface area contributed by atoms with Crippen molar-refractivity contribution in [3.63, 3.8) is 0 Å². The number of rotatable bonds is 6. The van der Waals surface area contributed by atoms with E-state index in [1.807, 2.05) is 30.3 Å². The molecule has 0 bridgehead atoms. The van der Waals surface area contributed by atoms with Crippen molar-refractivity contribution in [2.45, 2.75) is 0 Å². The minimum atomic E-state index is 0.527. The van der Waals surface area contributed by atoms with Crippen molar-refractivity contribution in [2.75, 3.05) is 0 Å². The van der Waals surface area contributed by atoms with Crippen molar-refractivity contribution in [1.29, 1.82) is 0 Å². The Balaban J connectivity index is 0.911. The standard InChI is InChI=1S/C60H36N6O/c1-2-15-42(16-3-1)65-50-22-8-6-17-45(50)49-36-40(30-33-52(49)65)44-19-11-24-53-55(44)46-18-7-9-23-51(46)66(53)43-31-28-38(29-32-43)58-62-59(41-27-26-37-13-4-5-14-39(37)35-41)64-60(63-58)48-21-10-20-47-56-54(67-57(47)48)25-12-34-61-56/h1-36H. The summed E-state index contributed by atoms with van der Waals surface area (Å²) in [7, 11) is 0. The number of hydrogen-bond donors (Lipinski definition) is 0. The monoisotopic (exact) mass is 856 g/mol. The van der Waals surface area contributed by atoms with Crippen LogP contribution in [0.25, 0.3) is 133 Å². The van der Waals surface area contributed by atoms with Crippen LogP contribution in [0.1, 0.15) is 0 Å². The summed E-state index contributed by atoms with van der Waals surface area (Å²) in [6.07, 6.45) is 1.79. The molecule has 14 aromatic rings. The minimum Gasteiger partial charge on any atom is -0.454 e. The Hall–Kier alpha value is -9.20. The molecular formula is C60H36N6O. The van der Waals surface area contributed by atoms with E-state index in [1.165, 1.54) is 43.7 Å². The summed E-state index contributed by atoms with van der Waals surface area (Å²) in [6, 6.07) is 74.8. The number of benzene rings is 9. The fourth-order valence-corrected chi connectivity index (χ4v) is 10.2. The van der Waals surface area contributed by atoms with Gasteiger partial charge in [-0.2, -0.15) is 0 Å². The van der Waals surface area contributed by atoms with Crippen LogP contribution in [0.2, 0.25) is 0 Å². The third kappa shape index (κ3) is 5.85. The number of para-hydroxylation sites is 4. The molecule has 0 aliphatic rings. The van der Waals surface area contributed by atoms with Crippen LogP contribution in [-0.2, 0) is 0 Å². The van der Waals surface area contributed by atoms with Gasteiger partial charge in [-0.05, 0) is 119 Å². The van der Waals surface area contributed by atoms with Gasteiger partial charge in [0.05, 0.1) is 27.6 Å². The van der Waals surface area contributed by atoms with Crippen LogP contribution < -0.4 is 0 Å². The van der Waals surface area contributed by atoms with E-state index in [4.69, 9.17) is 19.4 Å². The van der Waals surface area contributed by atoms with Gasteiger partial charge in [-0.25, -0.2) is 15.0 Å². The summed E-state index contributed by atoms with van der Waals surface area (Å²) in [5.41, 5.74) is 14.0. The van der Waals surface area contributed by atoms with Gasteiger partial charge in [0.25, 0.3) is 0 Å². The lowest BCUT2D eigenvalue weighted by Gasteiger charge is -2.12. The molecule has 7 nitrogen and oxygen atoms in total. The Morgan fingerprint density at radius 2 is 0.970 bits per heavy atom. The van der Waals surface area contributed by atoms with Crippen molar-refractivity contribution < 1.29 is 4.42 Å². The second-order valence-corrected chi connectivity index (χ2v) is 17.0. The van der Waals surface area contributed by atoms with Gasteiger partial charge in [-0.15, -0.1) is 0 Å². The number of hydrogen-bond acceptors (Lipinski definition) is 5. The van der Waals surface area contributed by atoms with E-state index < -0.39 is 0 Å². The average Bonchev–Trinajstić information content (AvgIpc) is 4.06. The SMILES string of the molecule is c1ccc(-n2c3ccccc3c3cc(-c4cccc5c4c4ccccc4n5-c4ccc(-c5nc(-c6ccc7ccccc7c6)nc(-c6cccc7c6oc6cccnc67)n5)cc4)ccc32)cc1. The van der Waals surface area contributed by atoms with Crippen molar-refractivity contribution in [3.8, 4) is 56.7 Å². The molecule has 0 fully saturated rings. The predicted octanol–water partition coefficient (Wildman–Crippen LogP) is 15.2. The molecule has 0 N–H and O–H groups in total. The smallest absolute Gasteiger partial charge is 0.167 e. The molecule has 9 aromatic carbocycles. The van der Waals surface area contributed by atoms with E-state index in [-0.39, 0.29) is 0 Å². The molecule has 0 saturated carbocycles. The van der Waals surface area contributed by atoms with E-state index in [1.54, 1.807) is 6.20 Å². The second kappa shape index (κ2) is 14.7. The summed E-state index contributed by atoms with van der Waals surface area (Å²) < 4.78 is 11.2. The first kappa shape index (κ1) is 37.2. The lowest BCUT2D eigenvalue weighted by Crippen LogP contribution is -2.01. The predicted molar refractivity (Wildman–Crippen MR) is 273 cm³/mol. The molecule has 0 aliphatic heterocycles. The van der Waals surface area contributed by atoms with Crippen molar-refractivity contribution in [3.05, 3.63) is 219 Å². The number of aromatic nitrogens is 6. The zero-order valence-corrected chi connectivity index (χ0v) is 35.9. The molecule has 0 atom stereocenters. The zero-order valence-electron chi connectivity index (χ0n) is 35.9. The molecule has 0 radical (unpaired) electrons. The molecule has 7 heteroatoms. The van der Waals surface area contributed by atoms with E-state index in [0.717, 1.165) is 66.4 Å². The average molecular weight is 857 g/mol. The summed E-state index contributed by atoms with van der Waals surface area (Å²) in [6.45, 7) is 0. The van der Waals surface area contributed by atoms with Crippen LogP contribution in [0.15, 0.2) is 223 Å². The summed E-state index contributed by atoms with van der Waals surface area (Å²) >= 11 is 0. The normalized spacial score (nSPS) is 11.9. The van der Waals surface area contributed by atoms with Gasteiger partial charge in [-0.1, -0.05) is 115 Å². The Labute approximate surface area is 383 Å². The van der Waals surface area contributed by atoms with Gasteiger partial charge in [0, 0.05) is 55.6 Å². The van der Waals surface area contributed by atoms with Gasteiger partial charge in [0.15, 0.2) is 23.1 Å². The van der Waals surface area contributed by atoms with Crippen molar-refractivity contribution in [1.82, 2.24) is 29.1 Å². The molecule has 5 aromatic heterocycles. The molecule has 14 rings (SSSR count). The van der Waals surface area contributed by atoms with E-state index >= 15 is 0 Å². The van der Waals surface area contributed by atoms with Crippen LogP contribution in [0, 0.1) is 0 Å². The third-order valence-electron chi connectivity index (χ3n) is 13.2. The maximum absolute atomic E-state index is 6.44.